The molecule has 0 saturated heterocycles. The zero-order chi connectivity index (χ0) is 75.2. The molecular weight excluding hydrogens is 1310 g/mol. The van der Waals surface area contributed by atoms with Crippen LogP contribution >= 0.6 is 0 Å². The standard InChI is InChI=1S/C102H98BN5/c1-97(2,3)67-50-65(51-68(55-67)98(4,5)6)63-42-44-73(45-43-63)108-93-62-77(106-87-39-26-21-34-80(87)81-35-22-27-40-88(81)106)61-92-95(93)103(84-48-49-90-94(96(84)108)82-36-23-28-41-89(82)107(90)76-58-71(101(13,14)15)57-72(59-76)102(16,17)18)83-47-46-75(104-85-37-24-19-32-78(85)79-33-20-25-38-86(79)104)60-91(83)105(92)74-31-29-30-64(54-74)66-52-69(99(7,8)9)56-70(53-66)100(10,11)12/h19-62H,1-18H3. The van der Waals surface area contributed by atoms with E-state index in [2.05, 4.69) is 415 Å². The van der Waals surface area contributed by atoms with Crippen LogP contribution < -0.4 is 26.2 Å². The molecule has 0 radical (unpaired) electrons. The molecule has 0 aliphatic carbocycles. The first-order chi connectivity index (χ1) is 51.3. The van der Waals surface area contributed by atoms with Crippen LogP contribution in [0.2, 0.25) is 0 Å². The summed E-state index contributed by atoms with van der Waals surface area (Å²) in [5.74, 6) is 0. The van der Waals surface area contributed by atoms with Gasteiger partial charge in [-0.05, 0) is 202 Å². The van der Waals surface area contributed by atoms with Gasteiger partial charge in [0, 0.05) is 72.1 Å². The number of fused-ring (bicyclic) bond motifs is 14. The average molecular weight is 1400 g/mol. The van der Waals surface area contributed by atoms with Gasteiger partial charge in [-0.25, -0.2) is 0 Å². The van der Waals surface area contributed by atoms with Crippen LogP contribution in [0.25, 0.3) is 105 Å². The maximum absolute atomic E-state index is 2.70. The quantitative estimate of drug-likeness (QED) is 0.148. The van der Waals surface area contributed by atoms with Gasteiger partial charge in [-0.15, -0.1) is 0 Å². The van der Waals surface area contributed by atoms with Crippen molar-refractivity contribution < 1.29 is 0 Å². The molecule has 0 spiro atoms. The van der Waals surface area contributed by atoms with E-state index in [1.165, 1.54) is 138 Å². The molecular formula is C102H98BN5. The Hall–Kier alpha value is -11.1. The third-order valence-electron chi connectivity index (χ3n) is 23.6. The molecule has 0 N–H and O–H groups in total. The molecule has 0 unspecified atom stereocenters. The number of hydrogen-bond donors (Lipinski definition) is 0. The molecule has 6 heteroatoms. The van der Waals surface area contributed by atoms with Crippen molar-refractivity contribution in [2.24, 2.45) is 0 Å². The summed E-state index contributed by atoms with van der Waals surface area (Å²) in [5.41, 5.74) is 33.2. The first-order valence-corrected chi connectivity index (χ1v) is 39.0. The van der Waals surface area contributed by atoms with Crippen molar-refractivity contribution in [3.8, 4) is 39.3 Å². The Morgan fingerprint density at radius 1 is 0.222 bits per heavy atom. The Balaban J connectivity index is 0.994. The minimum atomic E-state index is -0.230. The van der Waals surface area contributed by atoms with Crippen LogP contribution in [-0.4, -0.2) is 20.4 Å². The van der Waals surface area contributed by atoms with Crippen molar-refractivity contribution >= 4 is 123 Å². The van der Waals surface area contributed by atoms with E-state index in [9.17, 15) is 0 Å². The summed E-state index contributed by atoms with van der Waals surface area (Å²) in [4.78, 5) is 5.35. The highest BCUT2D eigenvalue weighted by atomic mass is 15.2. The topological polar surface area (TPSA) is 21.3 Å². The molecule has 0 atom stereocenters. The van der Waals surface area contributed by atoms with Crippen LogP contribution in [0.3, 0.4) is 0 Å². The highest BCUT2D eigenvalue weighted by Crippen LogP contribution is 2.52. The zero-order valence-electron chi connectivity index (χ0n) is 66.2. The molecule has 2 aliphatic heterocycles. The second kappa shape index (κ2) is 24.2. The fourth-order valence-electron chi connectivity index (χ4n) is 17.6. The number of benzene rings is 13. The molecule has 5 nitrogen and oxygen atoms in total. The zero-order valence-corrected chi connectivity index (χ0v) is 66.2. The Labute approximate surface area is 638 Å². The van der Waals surface area contributed by atoms with Gasteiger partial charge in [0.25, 0.3) is 6.71 Å². The Morgan fingerprint density at radius 3 is 1.05 bits per heavy atom. The highest BCUT2D eigenvalue weighted by molar-refractivity contribution is 7.00. The molecule has 18 rings (SSSR count). The lowest BCUT2D eigenvalue weighted by atomic mass is 9.33. The summed E-state index contributed by atoms with van der Waals surface area (Å²) in [6.45, 7) is 42.0. The lowest BCUT2D eigenvalue weighted by molar-refractivity contribution is 0.567. The Kier molecular flexibility index (Phi) is 15.4. The summed E-state index contributed by atoms with van der Waals surface area (Å²) in [7, 11) is 0. The summed E-state index contributed by atoms with van der Waals surface area (Å²) in [6.07, 6.45) is 0. The van der Waals surface area contributed by atoms with Gasteiger partial charge >= 0.3 is 0 Å². The largest absolute Gasteiger partial charge is 0.311 e. The molecule has 0 saturated carbocycles. The maximum atomic E-state index is 2.70. The fraction of sp³-hybridized carbons (Fsp3) is 0.235. The number of rotatable bonds is 7. The second-order valence-electron chi connectivity index (χ2n) is 37.2. The van der Waals surface area contributed by atoms with Crippen molar-refractivity contribution in [2.45, 2.75) is 157 Å². The summed E-state index contributed by atoms with van der Waals surface area (Å²) < 4.78 is 7.64. The van der Waals surface area contributed by atoms with Crippen LogP contribution in [0.1, 0.15) is 158 Å². The van der Waals surface area contributed by atoms with Crippen LogP contribution in [-0.2, 0) is 32.5 Å². The number of aromatic nitrogens is 3. The van der Waals surface area contributed by atoms with Crippen molar-refractivity contribution in [3.63, 3.8) is 0 Å². The molecule has 534 valence electrons. The molecule has 0 bridgehead atoms. The first kappa shape index (κ1) is 68.7. The molecule has 13 aromatic carbocycles. The lowest BCUT2D eigenvalue weighted by Crippen LogP contribution is -2.61. The number of anilines is 6. The Bertz CT molecular complexity index is 6180. The van der Waals surface area contributed by atoms with Crippen LogP contribution in [0.5, 0.6) is 0 Å². The monoisotopic (exact) mass is 1400 g/mol. The minimum absolute atomic E-state index is 0.0506. The predicted octanol–water partition coefficient (Wildman–Crippen LogP) is 26.2. The molecule has 16 aromatic rings. The smallest absolute Gasteiger partial charge is 0.252 e. The minimum Gasteiger partial charge on any atom is -0.311 e. The molecule has 2 aliphatic rings. The number of para-hydroxylation sites is 5. The average Bonchev–Trinajstić information content (AvgIpc) is 1.67. The van der Waals surface area contributed by atoms with E-state index in [1.54, 1.807) is 0 Å². The van der Waals surface area contributed by atoms with Gasteiger partial charge in [-0.1, -0.05) is 294 Å². The van der Waals surface area contributed by atoms with Gasteiger partial charge in [-0.2, -0.15) is 0 Å². The van der Waals surface area contributed by atoms with Gasteiger partial charge in [0.2, 0.25) is 0 Å². The van der Waals surface area contributed by atoms with Crippen molar-refractivity contribution in [3.05, 3.63) is 300 Å². The van der Waals surface area contributed by atoms with E-state index in [0.29, 0.717) is 0 Å². The third kappa shape index (κ3) is 11.2. The van der Waals surface area contributed by atoms with Crippen molar-refractivity contribution in [1.82, 2.24) is 13.7 Å². The van der Waals surface area contributed by atoms with Gasteiger partial charge < -0.3 is 23.5 Å². The maximum Gasteiger partial charge on any atom is 0.252 e. The molecule has 5 heterocycles. The van der Waals surface area contributed by atoms with E-state index in [4.69, 9.17) is 0 Å². The van der Waals surface area contributed by atoms with E-state index in [0.717, 1.165) is 50.8 Å². The highest BCUT2D eigenvalue weighted by Gasteiger charge is 2.46. The summed E-state index contributed by atoms with van der Waals surface area (Å²) in [6, 6.07) is 104. The second-order valence-corrected chi connectivity index (χ2v) is 37.2. The number of hydrogen-bond acceptors (Lipinski definition) is 2. The fourth-order valence-corrected chi connectivity index (χ4v) is 17.6. The third-order valence-corrected chi connectivity index (χ3v) is 23.6. The SMILES string of the molecule is CC(C)(C)c1cc(-c2ccc(N3c4cc(-n5c6ccccc6c6ccccc65)cc5c4B(c4ccc(-n6c7ccccc7c7ccccc76)cc4N5c4cccc(-c5cc(C(C)(C)C)cc(C(C)(C)C)c5)c4)c4ccc5c(c43)c3ccccc3n5-c3cc(C(C)(C)C)cc(C(C)(C)C)c3)cc2)cc(C(C)(C)C)c1. The molecule has 0 fully saturated rings. The van der Waals surface area contributed by atoms with Crippen molar-refractivity contribution in [2.75, 3.05) is 9.80 Å². The summed E-state index contributed by atoms with van der Waals surface area (Å²) >= 11 is 0. The predicted molar refractivity (Wildman–Crippen MR) is 467 cm³/mol. The van der Waals surface area contributed by atoms with E-state index in [1.807, 2.05) is 0 Å². The van der Waals surface area contributed by atoms with Gasteiger partial charge in [0.15, 0.2) is 0 Å². The molecule has 108 heavy (non-hydrogen) atoms. The van der Waals surface area contributed by atoms with E-state index < -0.39 is 0 Å². The van der Waals surface area contributed by atoms with Gasteiger partial charge in [0.1, 0.15) is 0 Å². The van der Waals surface area contributed by atoms with Crippen molar-refractivity contribution in [1.29, 1.82) is 0 Å². The number of nitrogens with zero attached hydrogens (tertiary/aromatic N) is 5. The summed E-state index contributed by atoms with van der Waals surface area (Å²) in [5, 5.41) is 7.34. The van der Waals surface area contributed by atoms with Crippen LogP contribution in [0, 0.1) is 0 Å². The van der Waals surface area contributed by atoms with Crippen LogP contribution in [0.4, 0.5) is 34.1 Å². The normalized spacial score (nSPS) is 13.6. The first-order valence-electron chi connectivity index (χ1n) is 39.0. The van der Waals surface area contributed by atoms with E-state index in [-0.39, 0.29) is 39.2 Å². The lowest BCUT2D eigenvalue weighted by Gasteiger charge is -2.45. The van der Waals surface area contributed by atoms with E-state index >= 15 is 0 Å². The van der Waals surface area contributed by atoms with Gasteiger partial charge in [0.05, 0.1) is 44.5 Å². The molecule has 0 amide bonds. The molecule has 3 aromatic heterocycles. The Morgan fingerprint density at radius 2 is 0.583 bits per heavy atom. The van der Waals surface area contributed by atoms with Gasteiger partial charge in [-0.3, -0.25) is 0 Å². The van der Waals surface area contributed by atoms with Crippen LogP contribution in [0.15, 0.2) is 267 Å².